The summed E-state index contributed by atoms with van der Waals surface area (Å²) in [6, 6.07) is 0.384. The molecule has 0 fully saturated rings. The molecule has 0 bridgehead atoms. The highest BCUT2D eigenvalue weighted by atomic mass is 16.1. The molecule has 1 N–H and O–H groups in total. The van der Waals surface area contributed by atoms with E-state index < -0.39 is 0 Å². The van der Waals surface area contributed by atoms with Crippen LogP contribution in [0.4, 0.5) is 0 Å². The van der Waals surface area contributed by atoms with Gasteiger partial charge < -0.3 is 5.32 Å². The molecule has 0 aromatic carbocycles. The predicted octanol–water partition coefficient (Wildman–Crippen LogP) is 2.23. The Hall–Kier alpha value is -0.370. The fraction of sp³-hybridized carbons (Fsp3) is 0.909. The molecule has 0 saturated heterocycles. The smallest absolute Gasteiger partial charge is 0.152 e. The van der Waals surface area contributed by atoms with Gasteiger partial charge in [0.1, 0.15) is 0 Å². The first-order valence-electron chi connectivity index (χ1n) is 5.16. The van der Waals surface area contributed by atoms with Crippen LogP contribution in [-0.4, -0.2) is 17.9 Å². The van der Waals surface area contributed by atoms with Crippen molar-refractivity contribution in [1.82, 2.24) is 5.32 Å². The Morgan fingerprint density at radius 1 is 1.00 bits per heavy atom. The van der Waals surface area contributed by atoms with Crippen molar-refractivity contribution in [2.24, 2.45) is 11.8 Å². The van der Waals surface area contributed by atoms with E-state index in [-0.39, 0.29) is 12.0 Å². The third-order valence-corrected chi connectivity index (χ3v) is 2.06. The average Bonchev–Trinajstić information content (AvgIpc) is 1.97. The number of nitrogens with one attached hydrogen (secondary N) is 1. The van der Waals surface area contributed by atoms with E-state index in [4.69, 9.17) is 0 Å². The first kappa shape index (κ1) is 12.6. The predicted molar refractivity (Wildman–Crippen MR) is 56.7 cm³/mol. The Kier molecular flexibility index (Phi) is 5.23. The highest BCUT2D eigenvalue weighted by Crippen LogP contribution is 2.09. The largest absolute Gasteiger partial charge is 0.305 e. The number of rotatable bonds is 5. The van der Waals surface area contributed by atoms with Crippen LogP contribution < -0.4 is 5.32 Å². The second-order valence-electron chi connectivity index (χ2n) is 4.60. The summed E-state index contributed by atoms with van der Waals surface area (Å²) in [6.45, 7) is 12.2. The molecule has 0 aliphatic rings. The molecule has 0 rings (SSSR count). The average molecular weight is 185 g/mol. The van der Waals surface area contributed by atoms with E-state index in [1.54, 1.807) is 0 Å². The zero-order valence-corrected chi connectivity index (χ0v) is 9.72. The molecule has 0 unspecified atom stereocenters. The summed E-state index contributed by atoms with van der Waals surface area (Å²) >= 11 is 0. The third kappa shape index (κ3) is 4.41. The maximum absolute atomic E-state index is 11.8. The van der Waals surface area contributed by atoms with Crippen molar-refractivity contribution in [1.29, 1.82) is 0 Å². The number of Topliss-reactive ketones (excluding diaryl/α,β-unsaturated/α-hetero) is 1. The van der Waals surface area contributed by atoms with Gasteiger partial charge in [-0.15, -0.1) is 0 Å². The SMILES string of the molecule is CC(C)N[C@H](C(=O)C(C)C)C(C)C. The van der Waals surface area contributed by atoms with Crippen LogP contribution in [0.25, 0.3) is 0 Å². The summed E-state index contributed by atoms with van der Waals surface area (Å²) in [7, 11) is 0. The highest BCUT2D eigenvalue weighted by Gasteiger charge is 2.24. The molecule has 0 aromatic rings. The normalized spacial score (nSPS) is 14.2. The number of ketones is 1. The Bertz CT molecular complexity index is 161. The molecule has 13 heavy (non-hydrogen) atoms. The van der Waals surface area contributed by atoms with E-state index in [2.05, 4.69) is 33.0 Å². The molecule has 0 saturated carbocycles. The summed E-state index contributed by atoms with van der Waals surface area (Å²) in [5.74, 6) is 0.819. The summed E-state index contributed by atoms with van der Waals surface area (Å²) < 4.78 is 0. The molecule has 0 heterocycles. The van der Waals surface area contributed by atoms with Crippen LogP contribution in [0.5, 0.6) is 0 Å². The molecular weight excluding hydrogens is 162 g/mol. The topological polar surface area (TPSA) is 29.1 Å². The summed E-state index contributed by atoms with van der Waals surface area (Å²) in [6.07, 6.45) is 0. The first-order valence-corrected chi connectivity index (χ1v) is 5.16. The number of carbonyl (C=O) groups excluding carboxylic acids is 1. The van der Waals surface area contributed by atoms with Gasteiger partial charge in [-0.1, -0.05) is 41.5 Å². The van der Waals surface area contributed by atoms with Gasteiger partial charge in [0.05, 0.1) is 6.04 Å². The maximum Gasteiger partial charge on any atom is 0.152 e. The summed E-state index contributed by atoms with van der Waals surface area (Å²) in [5.41, 5.74) is 0. The van der Waals surface area contributed by atoms with Crippen molar-refractivity contribution >= 4 is 5.78 Å². The lowest BCUT2D eigenvalue weighted by Gasteiger charge is -2.25. The first-order chi connectivity index (χ1) is 5.86. The minimum atomic E-state index is 0.0139. The molecule has 0 aliphatic carbocycles. The van der Waals surface area contributed by atoms with Crippen LogP contribution in [0.3, 0.4) is 0 Å². The lowest BCUT2D eigenvalue weighted by molar-refractivity contribution is -0.125. The molecule has 78 valence electrons. The van der Waals surface area contributed by atoms with Gasteiger partial charge in [-0.05, 0) is 5.92 Å². The number of hydrogen-bond donors (Lipinski definition) is 1. The lowest BCUT2D eigenvalue weighted by atomic mass is 9.92. The van der Waals surface area contributed by atoms with Gasteiger partial charge in [-0.25, -0.2) is 0 Å². The van der Waals surface area contributed by atoms with Gasteiger partial charge in [0.15, 0.2) is 5.78 Å². The van der Waals surface area contributed by atoms with Gasteiger partial charge in [0.2, 0.25) is 0 Å². The Morgan fingerprint density at radius 3 is 1.69 bits per heavy atom. The van der Waals surface area contributed by atoms with Crippen LogP contribution in [0, 0.1) is 11.8 Å². The fourth-order valence-corrected chi connectivity index (χ4v) is 1.32. The Labute approximate surface area is 82.1 Å². The van der Waals surface area contributed by atoms with Crippen LogP contribution in [0.15, 0.2) is 0 Å². The molecule has 0 amide bonds. The van der Waals surface area contributed by atoms with Crippen LogP contribution in [0.2, 0.25) is 0 Å². The lowest BCUT2D eigenvalue weighted by Crippen LogP contribution is -2.46. The molecular formula is C11H23NO. The standard InChI is InChI=1S/C11H23NO/c1-7(2)10(12-9(5)6)11(13)8(3)4/h7-10,12H,1-6H3/t10-/m0/s1. The molecule has 1 atom stereocenters. The molecule has 2 heteroatoms. The van der Waals surface area contributed by atoms with E-state index in [0.29, 0.717) is 17.7 Å². The van der Waals surface area contributed by atoms with Crippen molar-refractivity contribution in [3.63, 3.8) is 0 Å². The number of carbonyl (C=O) groups is 1. The highest BCUT2D eigenvalue weighted by molar-refractivity contribution is 5.85. The zero-order chi connectivity index (χ0) is 10.6. The van der Waals surface area contributed by atoms with Gasteiger partial charge in [0, 0.05) is 12.0 Å². The van der Waals surface area contributed by atoms with E-state index >= 15 is 0 Å². The second kappa shape index (κ2) is 5.38. The Balaban J connectivity index is 4.33. The van der Waals surface area contributed by atoms with Crippen molar-refractivity contribution in [3.8, 4) is 0 Å². The van der Waals surface area contributed by atoms with Gasteiger partial charge in [0.25, 0.3) is 0 Å². The third-order valence-electron chi connectivity index (χ3n) is 2.06. The van der Waals surface area contributed by atoms with Crippen molar-refractivity contribution in [2.45, 2.75) is 53.6 Å². The van der Waals surface area contributed by atoms with Crippen LogP contribution in [-0.2, 0) is 4.79 Å². The van der Waals surface area contributed by atoms with Crippen LogP contribution >= 0.6 is 0 Å². The number of hydrogen-bond acceptors (Lipinski definition) is 2. The van der Waals surface area contributed by atoms with Crippen molar-refractivity contribution < 1.29 is 4.79 Å². The van der Waals surface area contributed by atoms with Crippen molar-refractivity contribution in [3.05, 3.63) is 0 Å². The fourth-order valence-electron chi connectivity index (χ4n) is 1.32. The monoisotopic (exact) mass is 185 g/mol. The van der Waals surface area contributed by atoms with Gasteiger partial charge >= 0.3 is 0 Å². The maximum atomic E-state index is 11.8. The van der Waals surface area contributed by atoms with Crippen LogP contribution in [0.1, 0.15) is 41.5 Å². The molecule has 0 aliphatic heterocycles. The summed E-state index contributed by atoms with van der Waals surface area (Å²) in [4.78, 5) is 11.8. The van der Waals surface area contributed by atoms with Gasteiger partial charge in [-0.2, -0.15) is 0 Å². The second-order valence-corrected chi connectivity index (χ2v) is 4.60. The van der Waals surface area contributed by atoms with Crippen molar-refractivity contribution in [2.75, 3.05) is 0 Å². The quantitative estimate of drug-likeness (QED) is 0.711. The molecule has 0 aromatic heterocycles. The summed E-state index contributed by atoms with van der Waals surface area (Å²) in [5, 5.41) is 3.31. The van der Waals surface area contributed by atoms with E-state index in [0.717, 1.165) is 0 Å². The molecule has 0 radical (unpaired) electrons. The van der Waals surface area contributed by atoms with E-state index in [9.17, 15) is 4.79 Å². The van der Waals surface area contributed by atoms with Gasteiger partial charge in [-0.3, -0.25) is 4.79 Å². The minimum absolute atomic E-state index is 0.0139. The minimum Gasteiger partial charge on any atom is -0.305 e. The Morgan fingerprint density at radius 2 is 1.46 bits per heavy atom. The zero-order valence-electron chi connectivity index (χ0n) is 9.72. The molecule has 0 spiro atoms. The molecule has 2 nitrogen and oxygen atoms in total. The van der Waals surface area contributed by atoms with E-state index in [1.165, 1.54) is 0 Å². The van der Waals surface area contributed by atoms with E-state index in [1.807, 2.05) is 13.8 Å².